The van der Waals surface area contributed by atoms with Crippen LogP contribution in [0, 0.1) is 6.92 Å². The van der Waals surface area contributed by atoms with Gasteiger partial charge >= 0.3 is 0 Å². The van der Waals surface area contributed by atoms with Gasteiger partial charge in [0.15, 0.2) is 0 Å². The van der Waals surface area contributed by atoms with Gasteiger partial charge in [-0.05, 0) is 49.2 Å². The predicted molar refractivity (Wildman–Crippen MR) is 111 cm³/mol. The zero-order chi connectivity index (χ0) is 19.9. The Morgan fingerprint density at radius 3 is 2.86 bits per heavy atom. The fraction of sp³-hybridized carbons (Fsp3) is 0.409. The molecular formula is C22H27ClN2O3. The van der Waals surface area contributed by atoms with Crippen LogP contribution in [0.2, 0.25) is 5.02 Å². The lowest BCUT2D eigenvalue weighted by Crippen LogP contribution is -2.50. The molecule has 2 aromatic carbocycles. The van der Waals surface area contributed by atoms with Crippen molar-refractivity contribution in [3.8, 4) is 5.75 Å². The Labute approximate surface area is 171 Å². The minimum atomic E-state index is -0.224. The number of halogens is 1. The molecule has 1 fully saturated rings. The maximum absolute atomic E-state index is 12.5. The summed E-state index contributed by atoms with van der Waals surface area (Å²) < 4.78 is 11.6. The van der Waals surface area contributed by atoms with Gasteiger partial charge in [0.2, 0.25) is 5.91 Å². The van der Waals surface area contributed by atoms with Crippen LogP contribution in [0.15, 0.2) is 48.5 Å². The largest absolute Gasteiger partial charge is 0.492 e. The third-order valence-electron chi connectivity index (χ3n) is 4.93. The lowest BCUT2D eigenvalue weighted by atomic mass is 10.1. The molecule has 0 radical (unpaired) electrons. The number of carbonyl (C=O) groups excluding carboxylic acids is 1. The maximum atomic E-state index is 12.5. The molecule has 0 spiro atoms. The van der Waals surface area contributed by atoms with E-state index < -0.39 is 0 Å². The average molecular weight is 403 g/mol. The summed E-state index contributed by atoms with van der Waals surface area (Å²) in [7, 11) is 0. The van der Waals surface area contributed by atoms with E-state index >= 15 is 0 Å². The first kappa shape index (κ1) is 20.6. The third-order valence-corrected chi connectivity index (χ3v) is 5.18. The van der Waals surface area contributed by atoms with Crippen molar-refractivity contribution < 1.29 is 14.3 Å². The third kappa shape index (κ3) is 5.71. The highest BCUT2D eigenvalue weighted by Crippen LogP contribution is 2.24. The van der Waals surface area contributed by atoms with Crippen LogP contribution >= 0.6 is 11.6 Å². The molecule has 2 atom stereocenters. The molecule has 2 aromatic rings. The summed E-state index contributed by atoms with van der Waals surface area (Å²) in [5.41, 5.74) is 2.23. The quantitative estimate of drug-likeness (QED) is 0.719. The highest BCUT2D eigenvalue weighted by molar-refractivity contribution is 6.30. The summed E-state index contributed by atoms with van der Waals surface area (Å²) in [4.78, 5) is 14.7. The minimum absolute atomic E-state index is 0.00426. The van der Waals surface area contributed by atoms with Crippen molar-refractivity contribution >= 4 is 17.5 Å². The molecule has 150 valence electrons. The fourth-order valence-corrected chi connectivity index (χ4v) is 3.39. The van der Waals surface area contributed by atoms with Crippen molar-refractivity contribution in [2.24, 2.45) is 0 Å². The SMILES string of the molecule is Cc1cccc(OCCNC(=O)[C@@H](C)N2CCO[C@@H](c3ccc(Cl)cc3)C2)c1. The van der Waals surface area contributed by atoms with Crippen molar-refractivity contribution in [1.29, 1.82) is 0 Å². The van der Waals surface area contributed by atoms with Gasteiger partial charge in [-0.25, -0.2) is 0 Å². The summed E-state index contributed by atoms with van der Waals surface area (Å²) in [6.07, 6.45) is -0.0501. The summed E-state index contributed by atoms with van der Waals surface area (Å²) in [5.74, 6) is 0.825. The van der Waals surface area contributed by atoms with E-state index in [0.29, 0.717) is 31.3 Å². The zero-order valence-corrected chi connectivity index (χ0v) is 17.1. The first-order valence-electron chi connectivity index (χ1n) is 9.61. The average Bonchev–Trinajstić information content (AvgIpc) is 2.71. The normalized spacial score (nSPS) is 18.5. The second-order valence-corrected chi connectivity index (χ2v) is 7.47. The number of nitrogens with zero attached hydrogens (tertiary/aromatic N) is 1. The Bertz CT molecular complexity index is 782. The van der Waals surface area contributed by atoms with Crippen LogP contribution in [0.25, 0.3) is 0 Å². The number of ether oxygens (including phenoxy) is 2. The molecule has 0 aliphatic carbocycles. The first-order valence-corrected chi connectivity index (χ1v) is 9.99. The summed E-state index contributed by atoms with van der Waals surface area (Å²) in [5, 5.41) is 3.67. The van der Waals surface area contributed by atoms with Gasteiger partial charge in [-0.3, -0.25) is 9.69 Å². The van der Waals surface area contributed by atoms with Gasteiger partial charge < -0.3 is 14.8 Å². The molecule has 3 rings (SSSR count). The lowest BCUT2D eigenvalue weighted by Gasteiger charge is -2.36. The topological polar surface area (TPSA) is 50.8 Å². The second-order valence-electron chi connectivity index (χ2n) is 7.04. The number of aryl methyl sites for hydroxylation is 1. The van der Waals surface area contributed by atoms with Crippen molar-refractivity contribution in [2.45, 2.75) is 26.0 Å². The smallest absolute Gasteiger partial charge is 0.237 e. The Kier molecular flexibility index (Phi) is 7.31. The molecule has 1 aliphatic heterocycles. The van der Waals surface area contributed by atoms with Crippen LogP contribution in [0.1, 0.15) is 24.2 Å². The molecule has 1 heterocycles. The molecule has 1 amide bonds. The van der Waals surface area contributed by atoms with Gasteiger partial charge in [0, 0.05) is 18.1 Å². The van der Waals surface area contributed by atoms with Gasteiger partial charge in [-0.2, -0.15) is 0 Å². The van der Waals surface area contributed by atoms with Crippen molar-refractivity contribution in [1.82, 2.24) is 10.2 Å². The highest BCUT2D eigenvalue weighted by atomic mass is 35.5. The monoisotopic (exact) mass is 402 g/mol. The van der Waals surface area contributed by atoms with E-state index in [-0.39, 0.29) is 18.1 Å². The molecule has 0 bridgehead atoms. The fourth-order valence-electron chi connectivity index (χ4n) is 3.26. The maximum Gasteiger partial charge on any atom is 0.237 e. The molecule has 0 saturated carbocycles. The number of rotatable bonds is 7. The van der Waals surface area contributed by atoms with Crippen LogP contribution < -0.4 is 10.1 Å². The number of nitrogens with one attached hydrogen (secondary N) is 1. The second kappa shape index (κ2) is 9.92. The van der Waals surface area contributed by atoms with E-state index in [1.807, 2.05) is 62.4 Å². The number of carbonyl (C=O) groups is 1. The molecule has 0 unspecified atom stereocenters. The number of hydrogen-bond donors (Lipinski definition) is 1. The molecule has 6 heteroatoms. The molecule has 5 nitrogen and oxygen atoms in total. The molecule has 28 heavy (non-hydrogen) atoms. The highest BCUT2D eigenvalue weighted by Gasteiger charge is 2.28. The van der Waals surface area contributed by atoms with Crippen LogP contribution in [0.5, 0.6) is 5.75 Å². The van der Waals surface area contributed by atoms with Crippen molar-refractivity contribution in [3.63, 3.8) is 0 Å². The first-order chi connectivity index (χ1) is 13.5. The van der Waals surface area contributed by atoms with E-state index in [1.54, 1.807) is 0 Å². The van der Waals surface area contributed by atoms with E-state index in [0.717, 1.165) is 23.4 Å². The summed E-state index contributed by atoms with van der Waals surface area (Å²) >= 11 is 5.96. The Morgan fingerprint density at radius 1 is 1.32 bits per heavy atom. The molecule has 1 saturated heterocycles. The minimum Gasteiger partial charge on any atom is -0.492 e. The summed E-state index contributed by atoms with van der Waals surface area (Å²) in [6.45, 7) is 6.88. The molecule has 1 aliphatic rings. The van der Waals surface area contributed by atoms with Gasteiger partial charge in [0.25, 0.3) is 0 Å². The van der Waals surface area contributed by atoms with E-state index in [2.05, 4.69) is 10.2 Å². The number of amides is 1. The van der Waals surface area contributed by atoms with Crippen LogP contribution in [-0.4, -0.2) is 49.7 Å². The Balaban J connectivity index is 1.45. The molecule has 1 N–H and O–H groups in total. The number of hydrogen-bond acceptors (Lipinski definition) is 4. The van der Waals surface area contributed by atoms with Crippen LogP contribution in [-0.2, 0) is 9.53 Å². The number of benzene rings is 2. The predicted octanol–water partition coefficient (Wildman–Crippen LogP) is 3.61. The van der Waals surface area contributed by atoms with Crippen LogP contribution in [0.3, 0.4) is 0 Å². The number of morpholine rings is 1. The van der Waals surface area contributed by atoms with Gasteiger partial charge in [0.1, 0.15) is 12.4 Å². The Morgan fingerprint density at radius 2 is 2.11 bits per heavy atom. The van der Waals surface area contributed by atoms with Gasteiger partial charge in [-0.15, -0.1) is 0 Å². The van der Waals surface area contributed by atoms with Crippen molar-refractivity contribution in [3.05, 3.63) is 64.7 Å². The zero-order valence-electron chi connectivity index (χ0n) is 16.4. The van der Waals surface area contributed by atoms with Gasteiger partial charge in [0.05, 0.1) is 25.3 Å². The van der Waals surface area contributed by atoms with Gasteiger partial charge in [-0.1, -0.05) is 35.9 Å². The molecular weight excluding hydrogens is 376 g/mol. The van der Waals surface area contributed by atoms with Crippen LogP contribution in [0.4, 0.5) is 0 Å². The molecule has 0 aromatic heterocycles. The Hall–Kier alpha value is -2.08. The van der Waals surface area contributed by atoms with Crippen molar-refractivity contribution in [2.75, 3.05) is 32.8 Å². The standard InChI is InChI=1S/C22H27ClN2O3/c1-16-4-3-5-20(14-16)27-12-10-24-22(26)17(2)25-11-13-28-21(15-25)18-6-8-19(23)9-7-18/h3-9,14,17,21H,10-13,15H2,1-2H3,(H,24,26)/t17-,21-/m1/s1. The van der Waals surface area contributed by atoms with E-state index in [4.69, 9.17) is 21.1 Å². The lowest BCUT2D eigenvalue weighted by molar-refractivity contribution is -0.129. The van der Waals surface area contributed by atoms with E-state index in [9.17, 15) is 4.79 Å². The summed E-state index contributed by atoms with van der Waals surface area (Å²) in [6, 6.07) is 15.3. The van der Waals surface area contributed by atoms with E-state index in [1.165, 1.54) is 0 Å².